The number of hydrogen-bond acceptors (Lipinski definition) is 6. The zero-order valence-electron chi connectivity index (χ0n) is 15.3. The van der Waals surface area contributed by atoms with Gasteiger partial charge in [-0.15, -0.1) is 0 Å². The van der Waals surface area contributed by atoms with Crippen LogP contribution < -0.4 is 9.64 Å². The number of nitrogens with zero attached hydrogens (tertiary/aromatic N) is 3. The molecule has 1 N–H and O–H groups in total. The van der Waals surface area contributed by atoms with Crippen molar-refractivity contribution in [1.82, 2.24) is 9.88 Å². The Morgan fingerprint density at radius 1 is 1.32 bits per heavy atom. The van der Waals surface area contributed by atoms with E-state index in [1.54, 1.807) is 11.0 Å². The van der Waals surface area contributed by atoms with Gasteiger partial charge >= 0.3 is 12.1 Å². The van der Waals surface area contributed by atoms with Gasteiger partial charge in [0.2, 0.25) is 0 Å². The van der Waals surface area contributed by atoms with E-state index in [1.165, 1.54) is 13.3 Å². The van der Waals surface area contributed by atoms with E-state index >= 15 is 0 Å². The standard InChI is InChI=1S/C17H25N3O5/c1-11-10-19(6-7-20(11)16(23)25-17(2,3)4)14-8-13(24-5)12(9-18-14)15(21)22/h8-9,11H,6-7,10H2,1-5H3,(H,21,22)/t11-/m0/s1. The van der Waals surface area contributed by atoms with Gasteiger partial charge in [-0.2, -0.15) is 0 Å². The van der Waals surface area contributed by atoms with E-state index in [2.05, 4.69) is 4.98 Å². The fourth-order valence-corrected chi connectivity index (χ4v) is 2.69. The van der Waals surface area contributed by atoms with Gasteiger partial charge in [0, 0.05) is 37.9 Å². The smallest absolute Gasteiger partial charge is 0.410 e. The number of aromatic nitrogens is 1. The maximum absolute atomic E-state index is 12.3. The second-order valence-electron chi connectivity index (χ2n) is 7.02. The molecule has 1 aliphatic heterocycles. The van der Waals surface area contributed by atoms with Crippen molar-refractivity contribution in [1.29, 1.82) is 0 Å². The summed E-state index contributed by atoms with van der Waals surface area (Å²) < 4.78 is 10.6. The van der Waals surface area contributed by atoms with Crippen molar-refractivity contribution in [3.8, 4) is 5.75 Å². The Bertz CT molecular complexity index is 656. The molecule has 8 nitrogen and oxygen atoms in total. The zero-order chi connectivity index (χ0) is 18.8. The molecule has 2 heterocycles. The van der Waals surface area contributed by atoms with Crippen LogP contribution in [-0.4, -0.2) is 65.4 Å². The van der Waals surface area contributed by atoms with Gasteiger partial charge in [0.15, 0.2) is 0 Å². The molecule has 0 saturated carbocycles. The van der Waals surface area contributed by atoms with Crippen LogP contribution >= 0.6 is 0 Å². The number of piperazine rings is 1. The lowest BCUT2D eigenvalue weighted by molar-refractivity contribution is 0.0158. The Hall–Kier alpha value is -2.51. The number of ether oxygens (including phenoxy) is 2. The molecule has 1 aromatic heterocycles. The predicted molar refractivity (Wildman–Crippen MR) is 92.4 cm³/mol. The van der Waals surface area contributed by atoms with Crippen molar-refractivity contribution in [2.45, 2.75) is 39.3 Å². The molecule has 1 aromatic rings. The van der Waals surface area contributed by atoms with Crippen LogP contribution in [0.3, 0.4) is 0 Å². The van der Waals surface area contributed by atoms with Crippen molar-refractivity contribution in [3.05, 3.63) is 17.8 Å². The molecule has 0 bridgehead atoms. The first kappa shape index (κ1) is 18.8. The minimum absolute atomic E-state index is 0.0201. The molecule has 0 spiro atoms. The molecule has 8 heteroatoms. The minimum Gasteiger partial charge on any atom is -0.496 e. The molecule has 0 radical (unpaired) electrons. The Labute approximate surface area is 147 Å². The number of carbonyl (C=O) groups is 2. The summed E-state index contributed by atoms with van der Waals surface area (Å²) in [6.45, 7) is 9.11. The second kappa shape index (κ2) is 7.16. The van der Waals surface area contributed by atoms with E-state index in [1.807, 2.05) is 32.6 Å². The third-order valence-electron chi connectivity index (χ3n) is 3.88. The summed E-state index contributed by atoms with van der Waals surface area (Å²) in [5.74, 6) is -0.198. The van der Waals surface area contributed by atoms with E-state index in [0.717, 1.165) is 0 Å². The van der Waals surface area contributed by atoms with Crippen molar-refractivity contribution in [2.24, 2.45) is 0 Å². The molecule has 1 atom stereocenters. The van der Waals surface area contributed by atoms with Gasteiger partial charge in [-0.05, 0) is 27.7 Å². The normalized spacial score (nSPS) is 18.0. The monoisotopic (exact) mass is 351 g/mol. The largest absolute Gasteiger partial charge is 0.496 e. The number of hydrogen-bond donors (Lipinski definition) is 1. The van der Waals surface area contributed by atoms with Crippen LogP contribution in [0.4, 0.5) is 10.6 Å². The van der Waals surface area contributed by atoms with Gasteiger partial charge < -0.3 is 24.4 Å². The minimum atomic E-state index is -1.08. The number of amides is 1. The van der Waals surface area contributed by atoms with Gasteiger partial charge in [0.1, 0.15) is 22.7 Å². The van der Waals surface area contributed by atoms with Gasteiger partial charge in [-0.1, -0.05) is 0 Å². The highest BCUT2D eigenvalue weighted by molar-refractivity contribution is 5.90. The zero-order valence-corrected chi connectivity index (χ0v) is 15.3. The van der Waals surface area contributed by atoms with E-state index in [9.17, 15) is 9.59 Å². The molecule has 1 fully saturated rings. The summed E-state index contributed by atoms with van der Waals surface area (Å²) in [5.41, 5.74) is -0.512. The number of methoxy groups -OCH3 is 1. The number of rotatable bonds is 3. The molecule has 1 aliphatic rings. The lowest BCUT2D eigenvalue weighted by Gasteiger charge is -2.40. The molecule has 0 unspecified atom stereocenters. The highest BCUT2D eigenvalue weighted by Gasteiger charge is 2.31. The quantitative estimate of drug-likeness (QED) is 0.892. The van der Waals surface area contributed by atoms with Crippen molar-refractivity contribution in [3.63, 3.8) is 0 Å². The Balaban J connectivity index is 2.10. The van der Waals surface area contributed by atoms with Crippen LogP contribution in [-0.2, 0) is 4.74 Å². The number of carboxylic acid groups (broad SMARTS) is 1. The highest BCUT2D eigenvalue weighted by Crippen LogP contribution is 2.25. The first-order chi connectivity index (χ1) is 11.6. The number of pyridine rings is 1. The van der Waals surface area contributed by atoms with Gasteiger partial charge in [-0.3, -0.25) is 0 Å². The van der Waals surface area contributed by atoms with Crippen LogP contribution in [0.15, 0.2) is 12.3 Å². The lowest BCUT2D eigenvalue weighted by atomic mass is 10.1. The molecule has 25 heavy (non-hydrogen) atoms. The van der Waals surface area contributed by atoms with E-state index in [-0.39, 0.29) is 23.4 Å². The summed E-state index contributed by atoms with van der Waals surface area (Å²) in [5, 5.41) is 9.14. The first-order valence-corrected chi connectivity index (χ1v) is 8.14. The fourth-order valence-electron chi connectivity index (χ4n) is 2.69. The maximum atomic E-state index is 12.3. The molecule has 2 rings (SSSR count). The van der Waals surface area contributed by atoms with Crippen LogP contribution in [0.5, 0.6) is 5.75 Å². The molecule has 0 aliphatic carbocycles. The fraction of sp³-hybridized carbons (Fsp3) is 0.588. The van der Waals surface area contributed by atoms with Crippen LogP contribution in [0, 0.1) is 0 Å². The lowest BCUT2D eigenvalue weighted by Crippen LogP contribution is -2.55. The van der Waals surface area contributed by atoms with Gasteiger partial charge in [-0.25, -0.2) is 14.6 Å². The van der Waals surface area contributed by atoms with Gasteiger partial charge in [0.05, 0.1) is 7.11 Å². The predicted octanol–water partition coefficient (Wildman–Crippen LogP) is 2.23. The van der Waals surface area contributed by atoms with Crippen molar-refractivity contribution < 1.29 is 24.2 Å². The summed E-state index contributed by atoms with van der Waals surface area (Å²) >= 11 is 0. The van der Waals surface area contributed by atoms with E-state index < -0.39 is 11.6 Å². The Morgan fingerprint density at radius 2 is 2.00 bits per heavy atom. The number of carbonyl (C=O) groups excluding carboxylic acids is 1. The number of carboxylic acids is 1. The summed E-state index contributed by atoms with van der Waals surface area (Å²) in [6, 6.07) is 1.55. The molecular formula is C17H25N3O5. The summed E-state index contributed by atoms with van der Waals surface area (Å²) in [7, 11) is 1.43. The highest BCUT2D eigenvalue weighted by atomic mass is 16.6. The SMILES string of the molecule is COc1cc(N2CCN(C(=O)OC(C)(C)C)[C@@H](C)C2)ncc1C(=O)O. The Kier molecular flexibility index (Phi) is 5.39. The van der Waals surface area contributed by atoms with Crippen LogP contribution in [0.1, 0.15) is 38.1 Å². The van der Waals surface area contributed by atoms with Crippen LogP contribution in [0.2, 0.25) is 0 Å². The molecule has 0 aromatic carbocycles. The van der Waals surface area contributed by atoms with Crippen LogP contribution in [0.25, 0.3) is 0 Å². The molecule has 138 valence electrons. The van der Waals surface area contributed by atoms with E-state index in [0.29, 0.717) is 25.5 Å². The van der Waals surface area contributed by atoms with E-state index in [4.69, 9.17) is 14.6 Å². The molecule has 1 saturated heterocycles. The number of anilines is 1. The van der Waals surface area contributed by atoms with Crippen molar-refractivity contribution >= 4 is 17.9 Å². The van der Waals surface area contributed by atoms with Gasteiger partial charge in [0.25, 0.3) is 0 Å². The third-order valence-corrected chi connectivity index (χ3v) is 3.88. The average Bonchev–Trinajstić information content (AvgIpc) is 2.52. The number of aromatic carboxylic acids is 1. The average molecular weight is 351 g/mol. The summed E-state index contributed by atoms with van der Waals surface area (Å²) in [4.78, 5) is 31.4. The second-order valence-corrected chi connectivity index (χ2v) is 7.02. The first-order valence-electron chi connectivity index (χ1n) is 8.14. The molecule has 1 amide bonds. The maximum Gasteiger partial charge on any atom is 0.410 e. The topological polar surface area (TPSA) is 92.2 Å². The van der Waals surface area contributed by atoms with Crippen molar-refractivity contribution in [2.75, 3.05) is 31.6 Å². The summed E-state index contributed by atoms with van der Waals surface area (Å²) in [6.07, 6.45) is 0.966. The Morgan fingerprint density at radius 3 is 2.52 bits per heavy atom. The molecular weight excluding hydrogens is 326 g/mol. The third kappa shape index (κ3) is 4.52.